The molecule has 5 heteroatoms. The third-order valence-electron chi connectivity index (χ3n) is 3.18. The van der Waals surface area contributed by atoms with Gasteiger partial charge in [-0.15, -0.1) is 0 Å². The second-order valence-electron chi connectivity index (χ2n) is 4.88. The monoisotopic (exact) mass is 284 g/mol. The second kappa shape index (κ2) is 6.83. The van der Waals surface area contributed by atoms with Crippen molar-refractivity contribution in [1.29, 1.82) is 0 Å². The molecule has 21 heavy (non-hydrogen) atoms. The Morgan fingerprint density at radius 3 is 2.86 bits per heavy atom. The molecule has 2 heterocycles. The van der Waals surface area contributed by atoms with Gasteiger partial charge in [-0.3, -0.25) is 14.8 Å². The maximum absolute atomic E-state index is 12.4. The van der Waals surface area contributed by atoms with Gasteiger partial charge in [0.25, 0.3) is 5.91 Å². The zero-order chi connectivity index (χ0) is 15.2. The van der Waals surface area contributed by atoms with E-state index in [-0.39, 0.29) is 11.9 Å². The molecule has 1 atom stereocenters. The number of carbonyl (C=O) groups is 1. The second-order valence-corrected chi connectivity index (χ2v) is 4.88. The number of rotatable bonds is 5. The van der Waals surface area contributed by atoms with Crippen molar-refractivity contribution < 1.29 is 4.79 Å². The Morgan fingerprint density at radius 1 is 1.38 bits per heavy atom. The smallest absolute Gasteiger partial charge is 0.255 e. The van der Waals surface area contributed by atoms with E-state index in [4.69, 9.17) is 0 Å². The van der Waals surface area contributed by atoms with E-state index >= 15 is 0 Å². The Balaban J connectivity index is 2.17. The number of nitrogens with zero attached hydrogens (tertiary/aromatic N) is 2. The quantitative estimate of drug-likeness (QED) is 0.886. The van der Waals surface area contributed by atoms with Crippen LogP contribution in [0.3, 0.4) is 0 Å². The van der Waals surface area contributed by atoms with Crippen LogP contribution in [-0.2, 0) is 0 Å². The summed E-state index contributed by atoms with van der Waals surface area (Å²) in [7, 11) is 0. The Hall–Kier alpha value is -2.43. The maximum Gasteiger partial charge on any atom is 0.255 e. The van der Waals surface area contributed by atoms with E-state index in [1.165, 1.54) is 0 Å². The standard InChI is InChI=1S/C16H20N4O/c1-4-18-15-8-11(2)19-10-14(15)16(21)20-12(3)13-6-5-7-17-9-13/h5-10,12H,4H2,1-3H3,(H,18,19)(H,20,21). The highest BCUT2D eigenvalue weighted by Gasteiger charge is 2.15. The summed E-state index contributed by atoms with van der Waals surface area (Å²) in [6, 6.07) is 5.57. The first-order chi connectivity index (χ1) is 10.1. The lowest BCUT2D eigenvalue weighted by molar-refractivity contribution is 0.0940. The molecule has 5 nitrogen and oxygen atoms in total. The summed E-state index contributed by atoms with van der Waals surface area (Å²) in [6.07, 6.45) is 5.08. The van der Waals surface area contributed by atoms with Gasteiger partial charge in [-0.1, -0.05) is 6.07 Å². The first-order valence-corrected chi connectivity index (χ1v) is 7.03. The fraction of sp³-hybridized carbons (Fsp3) is 0.312. The van der Waals surface area contributed by atoms with Crippen molar-refractivity contribution in [1.82, 2.24) is 15.3 Å². The number of hydrogen-bond acceptors (Lipinski definition) is 4. The summed E-state index contributed by atoms with van der Waals surface area (Å²) < 4.78 is 0. The molecule has 1 amide bonds. The van der Waals surface area contributed by atoms with Gasteiger partial charge < -0.3 is 10.6 Å². The summed E-state index contributed by atoms with van der Waals surface area (Å²) >= 11 is 0. The topological polar surface area (TPSA) is 66.9 Å². The molecule has 2 N–H and O–H groups in total. The molecule has 0 radical (unpaired) electrons. The summed E-state index contributed by atoms with van der Waals surface area (Å²) in [5.41, 5.74) is 3.21. The highest BCUT2D eigenvalue weighted by atomic mass is 16.1. The van der Waals surface area contributed by atoms with Crippen LogP contribution >= 0.6 is 0 Å². The normalized spacial score (nSPS) is 11.8. The lowest BCUT2D eigenvalue weighted by atomic mass is 10.1. The van der Waals surface area contributed by atoms with Crippen LogP contribution in [0.2, 0.25) is 0 Å². The van der Waals surface area contributed by atoms with E-state index in [0.717, 1.165) is 23.5 Å². The van der Waals surface area contributed by atoms with Crippen molar-refractivity contribution >= 4 is 11.6 Å². The van der Waals surface area contributed by atoms with Gasteiger partial charge in [-0.25, -0.2) is 0 Å². The van der Waals surface area contributed by atoms with Crippen LogP contribution in [0.25, 0.3) is 0 Å². The third-order valence-corrected chi connectivity index (χ3v) is 3.18. The number of carbonyl (C=O) groups excluding carboxylic acids is 1. The minimum Gasteiger partial charge on any atom is -0.385 e. The molecule has 0 spiro atoms. The van der Waals surface area contributed by atoms with E-state index < -0.39 is 0 Å². The predicted molar refractivity (Wildman–Crippen MR) is 83.3 cm³/mol. The van der Waals surface area contributed by atoms with Crippen LogP contribution in [0.4, 0.5) is 5.69 Å². The lowest BCUT2D eigenvalue weighted by Crippen LogP contribution is -2.27. The zero-order valence-electron chi connectivity index (χ0n) is 12.6. The summed E-state index contributed by atoms with van der Waals surface area (Å²) in [6.45, 7) is 6.59. The Kier molecular flexibility index (Phi) is 4.87. The summed E-state index contributed by atoms with van der Waals surface area (Å²) in [4.78, 5) is 20.7. The Morgan fingerprint density at radius 2 is 2.19 bits per heavy atom. The van der Waals surface area contributed by atoms with Crippen LogP contribution in [0.15, 0.2) is 36.8 Å². The van der Waals surface area contributed by atoms with Gasteiger partial charge >= 0.3 is 0 Å². The van der Waals surface area contributed by atoms with E-state index in [1.54, 1.807) is 18.6 Å². The maximum atomic E-state index is 12.4. The van der Waals surface area contributed by atoms with Crippen molar-refractivity contribution in [2.45, 2.75) is 26.8 Å². The minimum atomic E-state index is -0.144. The molecule has 0 aliphatic carbocycles. The number of amides is 1. The van der Waals surface area contributed by atoms with Crippen LogP contribution < -0.4 is 10.6 Å². The van der Waals surface area contributed by atoms with Crippen molar-refractivity contribution in [2.24, 2.45) is 0 Å². The van der Waals surface area contributed by atoms with Crippen molar-refractivity contribution in [2.75, 3.05) is 11.9 Å². The van der Waals surface area contributed by atoms with E-state index in [1.807, 2.05) is 39.0 Å². The van der Waals surface area contributed by atoms with Gasteiger partial charge in [0.15, 0.2) is 0 Å². The van der Waals surface area contributed by atoms with E-state index in [2.05, 4.69) is 20.6 Å². The van der Waals surface area contributed by atoms with E-state index in [0.29, 0.717) is 5.56 Å². The number of aryl methyl sites for hydroxylation is 1. The van der Waals surface area contributed by atoms with Crippen LogP contribution in [0.1, 0.15) is 41.5 Å². The average Bonchev–Trinajstić information content (AvgIpc) is 2.48. The lowest BCUT2D eigenvalue weighted by Gasteiger charge is -2.16. The van der Waals surface area contributed by atoms with E-state index in [9.17, 15) is 4.79 Å². The fourth-order valence-electron chi connectivity index (χ4n) is 2.07. The summed E-state index contributed by atoms with van der Waals surface area (Å²) in [5.74, 6) is -0.144. The van der Waals surface area contributed by atoms with Crippen molar-refractivity contribution in [3.8, 4) is 0 Å². The number of hydrogen-bond donors (Lipinski definition) is 2. The van der Waals surface area contributed by atoms with Crippen molar-refractivity contribution in [3.63, 3.8) is 0 Å². The Labute approximate surface area is 124 Å². The first kappa shape index (κ1) is 15.0. The van der Waals surface area contributed by atoms with Gasteiger partial charge in [-0.05, 0) is 38.5 Å². The SMILES string of the molecule is CCNc1cc(C)ncc1C(=O)NC(C)c1cccnc1. The molecule has 0 saturated heterocycles. The molecule has 2 rings (SSSR count). The number of anilines is 1. The number of aromatic nitrogens is 2. The van der Waals surface area contributed by atoms with Gasteiger partial charge in [0.2, 0.25) is 0 Å². The Bertz CT molecular complexity index is 613. The average molecular weight is 284 g/mol. The molecule has 1 unspecified atom stereocenters. The van der Waals surface area contributed by atoms with Gasteiger partial charge in [0.05, 0.1) is 17.3 Å². The molecule has 0 saturated carbocycles. The summed E-state index contributed by atoms with van der Waals surface area (Å²) in [5, 5.41) is 6.17. The molecule has 110 valence electrons. The van der Waals surface area contributed by atoms with Gasteiger partial charge in [0, 0.05) is 30.8 Å². The number of nitrogens with one attached hydrogen (secondary N) is 2. The van der Waals surface area contributed by atoms with Gasteiger partial charge in [0.1, 0.15) is 0 Å². The molecule has 0 aliphatic rings. The van der Waals surface area contributed by atoms with Crippen molar-refractivity contribution in [3.05, 3.63) is 53.6 Å². The largest absolute Gasteiger partial charge is 0.385 e. The highest BCUT2D eigenvalue weighted by molar-refractivity contribution is 5.99. The molecule has 0 fully saturated rings. The van der Waals surface area contributed by atoms with Crippen LogP contribution in [0, 0.1) is 6.92 Å². The predicted octanol–water partition coefficient (Wildman–Crippen LogP) is 2.71. The molecular formula is C16H20N4O. The molecular weight excluding hydrogens is 264 g/mol. The minimum absolute atomic E-state index is 0.109. The molecule has 0 bridgehead atoms. The molecule has 2 aromatic heterocycles. The van der Waals surface area contributed by atoms with Crippen LogP contribution in [0.5, 0.6) is 0 Å². The fourth-order valence-corrected chi connectivity index (χ4v) is 2.07. The molecule has 2 aromatic rings. The number of pyridine rings is 2. The van der Waals surface area contributed by atoms with Crippen LogP contribution in [-0.4, -0.2) is 22.4 Å². The molecule has 0 aromatic carbocycles. The highest BCUT2D eigenvalue weighted by Crippen LogP contribution is 2.17. The zero-order valence-corrected chi connectivity index (χ0v) is 12.6. The third kappa shape index (κ3) is 3.78. The molecule has 0 aliphatic heterocycles. The first-order valence-electron chi connectivity index (χ1n) is 7.03. The van der Waals surface area contributed by atoms with Gasteiger partial charge in [-0.2, -0.15) is 0 Å².